The van der Waals surface area contributed by atoms with Crippen LogP contribution in [-0.4, -0.2) is 30.8 Å². The van der Waals surface area contributed by atoms with E-state index in [9.17, 15) is 23.1 Å². The Kier molecular flexibility index (Phi) is 4.76. The molecule has 6 nitrogen and oxygen atoms in total. The summed E-state index contributed by atoms with van der Waals surface area (Å²) in [4.78, 5) is 19.3. The molecule has 0 amide bonds. The molecule has 0 bridgehead atoms. The second-order valence-corrected chi connectivity index (χ2v) is 5.72. The molecule has 2 aromatic heterocycles. The smallest absolute Gasteiger partial charge is 0.416 e. The average Bonchev–Trinajstić information content (AvgIpc) is 3.08. The van der Waals surface area contributed by atoms with E-state index in [0.29, 0.717) is 11.1 Å². The minimum atomic E-state index is -4.49. The fourth-order valence-electron chi connectivity index (χ4n) is 2.46. The van der Waals surface area contributed by atoms with Crippen molar-refractivity contribution in [1.29, 1.82) is 0 Å². The maximum Gasteiger partial charge on any atom is 0.416 e. The number of hydrogen-bond acceptors (Lipinski definition) is 4. The molecule has 0 aliphatic carbocycles. The number of aryl methyl sites for hydroxylation is 1. The molecule has 0 unspecified atom stereocenters. The van der Waals surface area contributed by atoms with E-state index in [2.05, 4.69) is 15.1 Å². The van der Waals surface area contributed by atoms with Crippen LogP contribution in [-0.2, 0) is 11.0 Å². The van der Waals surface area contributed by atoms with Crippen molar-refractivity contribution in [1.82, 2.24) is 19.7 Å². The van der Waals surface area contributed by atoms with Gasteiger partial charge in [0.15, 0.2) is 5.82 Å². The summed E-state index contributed by atoms with van der Waals surface area (Å²) in [5.74, 6) is -1.13. The molecule has 0 aliphatic rings. The van der Waals surface area contributed by atoms with Crippen LogP contribution in [0.5, 0.6) is 0 Å². The SMILES string of the molecule is Cc1cc(-c2ncn(/C=C(\C(=O)O)c3ccncc3)n2)cc(C(F)(F)F)c1. The topological polar surface area (TPSA) is 80.9 Å². The summed E-state index contributed by atoms with van der Waals surface area (Å²) in [5, 5.41) is 13.5. The molecule has 1 N–H and O–H groups in total. The molecule has 2 heterocycles. The van der Waals surface area contributed by atoms with Crippen LogP contribution in [0.1, 0.15) is 16.7 Å². The zero-order valence-electron chi connectivity index (χ0n) is 14.0. The molecule has 0 saturated heterocycles. The Morgan fingerprint density at radius 1 is 1.19 bits per heavy atom. The number of aliphatic carboxylic acids is 1. The van der Waals surface area contributed by atoms with E-state index in [1.807, 2.05) is 0 Å². The third-order valence-corrected chi connectivity index (χ3v) is 3.65. The number of carbonyl (C=O) groups is 1. The maximum atomic E-state index is 13.0. The largest absolute Gasteiger partial charge is 0.478 e. The van der Waals surface area contributed by atoms with Gasteiger partial charge in [-0.3, -0.25) is 4.98 Å². The lowest BCUT2D eigenvalue weighted by molar-refractivity contribution is -0.137. The van der Waals surface area contributed by atoms with Crippen molar-refractivity contribution in [2.75, 3.05) is 0 Å². The number of aromatic nitrogens is 4. The van der Waals surface area contributed by atoms with E-state index in [4.69, 9.17) is 0 Å². The summed E-state index contributed by atoms with van der Waals surface area (Å²) in [6, 6.07) is 6.56. The first-order chi connectivity index (χ1) is 12.7. The Bertz CT molecular complexity index is 1010. The van der Waals surface area contributed by atoms with Crippen LogP contribution in [0.25, 0.3) is 23.2 Å². The number of alkyl halides is 3. The van der Waals surface area contributed by atoms with Gasteiger partial charge < -0.3 is 5.11 Å². The zero-order chi connectivity index (χ0) is 19.6. The molecular formula is C18H13F3N4O2. The summed E-state index contributed by atoms with van der Waals surface area (Å²) in [6.45, 7) is 1.54. The monoisotopic (exact) mass is 374 g/mol. The van der Waals surface area contributed by atoms with Crippen LogP contribution >= 0.6 is 0 Å². The van der Waals surface area contributed by atoms with Crippen molar-refractivity contribution in [3.63, 3.8) is 0 Å². The van der Waals surface area contributed by atoms with Gasteiger partial charge in [0.05, 0.1) is 11.1 Å². The minimum absolute atomic E-state index is 0.0555. The number of halogens is 3. The number of carboxylic acids is 1. The van der Waals surface area contributed by atoms with Gasteiger partial charge in [0.25, 0.3) is 0 Å². The Balaban J connectivity index is 2.00. The second-order valence-electron chi connectivity index (χ2n) is 5.72. The molecule has 3 aromatic rings. The van der Waals surface area contributed by atoms with Gasteiger partial charge in [-0.05, 0) is 48.4 Å². The highest BCUT2D eigenvalue weighted by atomic mass is 19.4. The van der Waals surface area contributed by atoms with Gasteiger partial charge in [-0.15, -0.1) is 5.10 Å². The van der Waals surface area contributed by atoms with Crippen molar-refractivity contribution in [3.8, 4) is 11.4 Å². The molecule has 0 spiro atoms. The quantitative estimate of drug-likeness (QED) is 0.704. The summed E-state index contributed by atoms with van der Waals surface area (Å²) < 4.78 is 40.1. The standard InChI is InChI=1S/C18H13F3N4O2/c1-11-6-13(8-14(7-11)18(19,20)21)16-23-10-25(24-16)9-15(17(26)27)12-2-4-22-5-3-12/h2-10H,1H3,(H,26,27)/b15-9-. The zero-order valence-corrected chi connectivity index (χ0v) is 14.0. The van der Waals surface area contributed by atoms with Crippen LogP contribution in [0.3, 0.4) is 0 Å². The van der Waals surface area contributed by atoms with Gasteiger partial charge in [0, 0.05) is 24.2 Å². The van der Waals surface area contributed by atoms with E-state index >= 15 is 0 Å². The van der Waals surface area contributed by atoms with Crippen molar-refractivity contribution in [2.24, 2.45) is 0 Å². The van der Waals surface area contributed by atoms with Gasteiger partial charge in [-0.2, -0.15) is 13.2 Å². The second kappa shape index (κ2) is 7.02. The number of rotatable bonds is 4. The molecule has 138 valence electrons. The predicted molar refractivity (Wildman–Crippen MR) is 91.2 cm³/mol. The average molecular weight is 374 g/mol. The minimum Gasteiger partial charge on any atom is -0.478 e. The lowest BCUT2D eigenvalue weighted by atomic mass is 10.1. The summed E-state index contributed by atoms with van der Waals surface area (Å²) in [5.41, 5.74) is 0.149. The lowest BCUT2D eigenvalue weighted by Crippen LogP contribution is -2.05. The molecule has 9 heteroatoms. The van der Waals surface area contributed by atoms with E-state index in [0.717, 1.165) is 16.8 Å². The third kappa shape index (κ3) is 4.20. The Morgan fingerprint density at radius 2 is 1.89 bits per heavy atom. The van der Waals surface area contributed by atoms with Gasteiger partial charge in [-0.25, -0.2) is 14.5 Å². The van der Waals surface area contributed by atoms with E-state index in [1.165, 1.54) is 43.1 Å². The van der Waals surface area contributed by atoms with Gasteiger partial charge in [-0.1, -0.05) is 0 Å². The highest BCUT2D eigenvalue weighted by molar-refractivity contribution is 6.19. The van der Waals surface area contributed by atoms with E-state index in [-0.39, 0.29) is 17.0 Å². The molecule has 0 aliphatic heterocycles. The molecule has 3 rings (SSSR count). The number of pyridine rings is 1. The number of nitrogens with zero attached hydrogens (tertiary/aromatic N) is 4. The third-order valence-electron chi connectivity index (χ3n) is 3.65. The Morgan fingerprint density at radius 3 is 2.52 bits per heavy atom. The van der Waals surface area contributed by atoms with Crippen molar-refractivity contribution in [3.05, 3.63) is 65.7 Å². The number of benzene rings is 1. The normalized spacial score (nSPS) is 12.2. The van der Waals surface area contributed by atoms with Crippen molar-refractivity contribution >= 4 is 17.7 Å². The first-order valence-corrected chi connectivity index (χ1v) is 7.70. The van der Waals surface area contributed by atoms with E-state index in [1.54, 1.807) is 6.92 Å². The molecule has 0 fully saturated rings. The fourth-order valence-corrected chi connectivity index (χ4v) is 2.46. The molecular weight excluding hydrogens is 361 g/mol. The molecule has 0 saturated carbocycles. The first-order valence-electron chi connectivity index (χ1n) is 7.70. The molecule has 0 radical (unpaired) electrons. The van der Waals surface area contributed by atoms with Crippen LogP contribution in [0.2, 0.25) is 0 Å². The summed E-state index contributed by atoms with van der Waals surface area (Å²) >= 11 is 0. The van der Waals surface area contributed by atoms with Gasteiger partial charge in [0.1, 0.15) is 6.33 Å². The molecule has 1 aromatic carbocycles. The molecule has 0 atom stereocenters. The van der Waals surface area contributed by atoms with Gasteiger partial charge >= 0.3 is 12.1 Å². The number of hydrogen-bond donors (Lipinski definition) is 1. The van der Waals surface area contributed by atoms with Crippen LogP contribution in [0.15, 0.2) is 49.1 Å². The Labute approximate surface area is 151 Å². The van der Waals surface area contributed by atoms with Crippen LogP contribution < -0.4 is 0 Å². The fraction of sp³-hybridized carbons (Fsp3) is 0.111. The lowest BCUT2D eigenvalue weighted by Gasteiger charge is -2.09. The van der Waals surface area contributed by atoms with Crippen LogP contribution in [0.4, 0.5) is 13.2 Å². The highest BCUT2D eigenvalue weighted by Crippen LogP contribution is 2.32. The maximum absolute atomic E-state index is 13.0. The van der Waals surface area contributed by atoms with E-state index < -0.39 is 17.7 Å². The van der Waals surface area contributed by atoms with Crippen molar-refractivity contribution < 1.29 is 23.1 Å². The molecule has 27 heavy (non-hydrogen) atoms. The Hall–Kier alpha value is -3.49. The van der Waals surface area contributed by atoms with Gasteiger partial charge in [0.2, 0.25) is 0 Å². The summed E-state index contributed by atoms with van der Waals surface area (Å²) in [6.07, 6.45) is 0.874. The van der Waals surface area contributed by atoms with Crippen molar-refractivity contribution in [2.45, 2.75) is 13.1 Å². The predicted octanol–water partition coefficient (Wildman–Crippen LogP) is 3.75. The summed E-state index contributed by atoms with van der Waals surface area (Å²) in [7, 11) is 0. The number of carboxylic acid groups (broad SMARTS) is 1. The van der Waals surface area contributed by atoms with Crippen LogP contribution in [0, 0.1) is 6.92 Å². The highest BCUT2D eigenvalue weighted by Gasteiger charge is 2.31. The first kappa shape index (κ1) is 18.3.